The molecule has 0 radical (unpaired) electrons. The van der Waals surface area contributed by atoms with Gasteiger partial charge >= 0.3 is 0 Å². The molecule has 1 amide bonds. The van der Waals surface area contributed by atoms with Crippen molar-refractivity contribution in [3.8, 4) is 11.5 Å². The highest BCUT2D eigenvalue weighted by molar-refractivity contribution is 9.10. The van der Waals surface area contributed by atoms with Crippen LogP contribution in [0, 0.1) is 0 Å². The van der Waals surface area contributed by atoms with Crippen LogP contribution in [0.15, 0.2) is 89.9 Å². The Morgan fingerprint density at radius 3 is 2.59 bits per heavy atom. The normalized spacial score (nSPS) is 10.2. The molecule has 0 fully saturated rings. The zero-order chi connectivity index (χ0) is 20.5. The van der Waals surface area contributed by atoms with Gasteiger partial charge in [0.25, 0.3) is 5.91 Å². The van der Waals surface area contributed by atoms with Gasteiger partial charge in [-0.05, 0) is 51.8 Å². The van der Waals surface area contributed by atoms with Crippen molar-refractivity contribution in [1.29, 1.82) is 0 Å². The van der Waals surface area contributed by atoms with E-state index in [4.69, 9.17) is 9.47 Å². The molecule has 4 nitrogen and oxygen atoms in total. The summed E-state index contributed by atoms with van der Waals surface area (Å²) in [6.07, 6.45) is 2.49. The fourth-order valence-electron chi connectivity index (χ4n) is 2.71. The highest BCUT2D eigenvalue weighted by Gasteiger charge is 2.10. The molecule has 0 aliphatic heterocycles. The molecule has 0 aliphatic carbocycles. The molecule has 0 bridgehead atoms. The van der Waals surface area contributed by atoms with E-state index in [0.29, 0.717) is 40.4 Å². The SMILES string of the molecule is C=CCOc1ccc(C(=O)Nc2cccc(OCCc3ccccc3)c2)cc1Br. The number of rotatable bonds is 9. The lowest BCUT2D eigenvalue weighted by molar-refractivity contribution is 0.102. The molecule has 3 aromatic carbocycles. The molecular formula is C24H22BrNO3. The summed E-state index contributed by atoms with van der Waals surface area (Å²) in [4.78, 5) is 12.6. The van der Waals surface area contributed by atoms with Gasteiger partial charge in [0.15, 0.2) is 0 Å². The maximum absolute atomic E-state index is 12.6. The molecule has 3 aromatic rings. The zero-order valence-electron chi connectivity index (χ0n) is 15.9. The van der Waals surface area contributed by atoms with Gasteiger partial charge in [0.05, 0.1) is 11.1 Å². The molecule has 0 aromatic heterocycles. The Kier molecular flexibility index (Phi) is 7.47. The smallest absolute Gasteiger partial charge is 0.255 e. The second-order valence-electron chi connectivity index (χ2n) is 6.31. The molecule has 29 heavy (non-hydrogen) atoms. The predicted octanol–water partition coefficient (Wildman–Crippen LogP) is 5.89. The van der Waals surface area contributed by atoms with Crippen LogP contribution >= 0.6 is 15.9 Å². The summed E-state index contributed by atoms with van der Waals surface area (Å²) >= 11 is 3.43. The molecule has 5 heteroatoms. The zero-order valence-corrected chi connectivity index (χ0v) is 17.5. The second kappa shape index (κ2) is 10.5. The van der Waals surface area contributed by atoms with Gasteiger partial charge in [-0.25, -0.2) is 0 Å². The van der Waals surface area contributed by atoms with Gasteiger partial charge < -0.3 is 14.8 Å². The van der Waals surface area contributed by atoms with Gasteiger partial charge in [0.2, 0.25) is 0 Å². The Balaban J connectivity index is 1.58. The van der Waals surface area contributed by atoms with Gasteiger partial charge in [0.1, 0.15) is 18.1 Å². The summed E-state index contributed by atoms with van der Waals surface area (Å²) in [5.74, 6) is 1.17. The van der Waals surface area contributed by atoms with Crippen molar-refractivity contribution in [2.45, 2.75) is 6.42 Å². The minimum atomic E-state index is -0.206. The van der Waals surface area contributed by atoms with Crippen LogP contribution in [0.25, 0.3) is 0 Å². The second-order valence-corrected chi connectivity index (χ2v) is 7.17. The van der Waals surface area contributed by atoms with E-state index in [1.165, 1.54) is 5.56 Å². The maximum atomic E-state index is 12.6. The van der Waals surface area contributed by atoms with E-state index in [1.807, 2.05) is 42.5 Å². The van der Waals surface area contributed by atoms with E-state index < -0.39 is 0 Å². The van der Waals surface area contributed by atoms with Crippen molar-refractivity contribution >= 4 is 27.5 Å². The number of ether oxygens (including phenoxy) is 2. The van der Waals surface area contributed by atoms with Crippen molar-refractivity contribution < 1.29 is 14.3 Å². The summed E-state index contributed by atoms with van der Waals surface area (Å²) in [7, 11) is 0. The van der Waals surface area contributed by atoms with Crippen LogP contribution in [-0.2, 0) is 6.42 Å². The average molecular weight is 452 g/mol. The summed E-state index contributed by atoms with van der Waals surface area (Å²) in [5.41, 5.74) is 2.43. The number of amides is 1. The average Bonchev–Trinajstić information content (AvgIpc) is 2.74. The number of nitrogens with one attached hydrogen (secondary N) is 1. The summed E-state index contributed by atoms with van der Waals surface area (Å²) in [6.45, 7) is 4.60. The van der Waals surface area contributed by atoms with E-state index in [-0.39, 0.29) is 5.91 Å². The van der Waals surface area contributed by atoms with Gasteiger partial charge in [-0.1, -0.05) is 49.1 Å². The van der Waals surface area contributed by atoms with Crippen LogP contribution in [0.3, 0.4) is 0 Å². The lowest BCUT2D eigenvalue weighted by atomic mass is 10.2. The minimum absolute atomic E-state index is 0.206. The summed E-state index contributed by atoms with van der Waals surface area (Å²) in [5, 5.41) is 2.90. The van der Waals surface area contributed by atoms with Crippen LogP contribution in [0.5, 0.6) is 11.5 Å². The predicted molar refractivity (Wildman–Crippen MR) is 120 cm³/mol. The lowest BCUT2D eigenvalue weighted by Crippen LogP contribution is -2.12. The van der Waals surface area contributed by atoms with E-state index >= 15 is 0 Å². The summed E-state index contributed by atoms with van der Waals surface area (Å²) < 4.78 is 12.1. The lowest BCUT2D eigenvalue weighted by Gasteiger charge is -2.11. The third-order valence-electron chi connectivity index (χ3n) is 4.14. The number of hydrogen-bond acceptors (Lipinski definition) is 3. The number of carbonyl (C=O) groups excluding carboxylic acids is 1. The van der Waals surface area contributed by atoms with E-state index in [0.717, 1.165) is 6.42 Å². The van der Waals surface area contributed by atoms with Crippen molar-refractivity contribution in [2.24, 2.45) is 0 Å². The summed E-state index contributed by atoms with van der Waals surface area (Å²) in [6, 6.07) is 22.8. The number of halogens is 1. The van der Waals surface area contributed by atoms with Crippen molar-refractivity contribution in [1.82, 2.24) is 0 Å². The first kappa shape index (κ1) is 20.7. The first-order chi connectivity index (χ1) is 14.2. The van der Waals surface area contributed by atoms with Crippen molar-refractivity contribution in [2.75, 3.05) is 18.5 Å². The van der Waals surface area contributed by atoms with Crippen LogP contribution in [-0.4, -0.2) is 19.1 Å². The van der Waals surface area contributed by atoms with Gasteiger partial charge in [-0.15, -0.1) is 0 Å². The Morgan fingerprint density at radius 1 is 1.00 bits per heavy atom. The first-order valence-corrected chi connectivity index (χ1v) is 10.1. The van der Waals surface area contributed by atoms with Crippen molar-refractivity contribution in [3.05, 3.63) is 101 Å². The number of hydrogen-bond donors (Lipinski definition) is 1. The van der Waals surface area contributed by atoms with Crippen LogP contribution < -0.4 is 14.8 Å². The first-order valence-electron chi connectivity index (χ1n) is 9.27. The van der Waals surface area contributed by atoms with Crippen LogP contribution in [0.4, 0.5) is 5.69 Å². The molecule has 0 unspecified atom stereocenters. The molecular weight excluding hydrogens is 430 g/mol. The molecule has 0 atom stereocenters. The van der Waals surface area contributed by atoms with Gasteiger partial charge in [-0.2, -0.15) is 0 Å². The Labute approximate surface area is 179 Å². The Hall–Kier alpha value is -3.05. The van der Waals surface area contributed by atoms with Gasteiger partial charge in [-0.3, -0.25) is 4.79 Å². The highest BCUT2D eigenvalue weighted by atomic mass is 79.9. The standard InChI is InChI=1S/C24H22BrNO3/c1-2-14-29-23-12-11-19(16-22(23)25)24(27)26-20-9-6-10-21(17-20)28-15-13-18-7-4-3-5-8-18/h2-12,16-17H,1,13-15H2,(H,26,27). The molecule has 0 saturated carbocycles. The molecule has 0 aliphatic rings. The third-order valence-corrected chi connectivity index (χ3v) is 4.76. The molecule has 3 rings (SSSR count). The monoisotopic (exact) mass is 451 g/mol. The Morgan fingerprint density at radius 2 is 1.83 bits per heavy atom. The number of anilines is 1. The molecule has 0 saturated heterocycles. The van der Waals surface area contributed by atoms with E-state index in [9.17, 15) is 4.79 Å². The largest absolute Gasteiger partial charge is 0.493 e. The van der Waals surface area contributed by atoms with Crippen molar-refractivity contribution in [3.63, 3.8) is 0 Å². The number of benzene rings is 3. The quantitative estimate of drug-likeness (QED) is 0.412. The molecule has 148 valence electrons. The molecule has 0 spiro atoms. The van der Waals surface area contributed by atoms with Crippen LogP contribution in [0.2, 0.25) is 0 Å². The minimum Gasteiger partial charge on any atom is -0.493 e. The van der Waals surface area contributed by atoms with E-state index in [1.54, 1.807) is 24.3 Å². The fraction of sp³-hybridized carbons (Fsp3) is 0.125. The van der Waals surface area contributed by atoms with Gasteiger partial charge in [0, 0.05) is 23.7 Å². The third kappa shape index (κ3) is 6.22. The molecule has 1 N–H and O–H groups in total. The van der Waals surface area contributed by atoms with E-state index in [2.05, 4.69) is 40.0 Å². The Bertz CT molecular complexity index is 973. The number of carbonyl (C=O) groups is 1. The van der Waals surface area contributed by atoms with Crippen LogP contribution in [0.1, 0.15) is 15.9 Å². The fourth-order valence-corrected chi connectivity index (χ4v) is 3.20. The highest BCUT2D eigenvalue weighted by Crippen LogP contribution is 2.27. The topological polar surface area (TPSA) is 47.6 Å². The maximum Gasteiger partial charge on any atom is 0.255 e. The molecule has 0 heterocycles.